The standard InChI is InChI=1S/C14H16FN3O3/c1-3-12-13(8(2)18-21-12)17-14(20)16-7-9-10(15)5-4-6-11(9)19/h4-6,19H,3,7H2,1-2H3,(H2,16,17,20). The Hall–Kier alpha value is -2.57. The van der Waals surface area contributed by atoms with Gasteiger partial charge >= 0.3 is 6.03 Å². The molecule has 0 radical (unpaired) electrons. The second-order valence-electron chi connectivity index (χ2n) is 4.46. The molecule has 3 N–H and O–H groups in total. The van der Waals surface area contributed by atoms with Gasteiger partial charge in [-0.1, -0.05) is 18.1 Å². The minimum Gasteiger partial charge on any atom is -0.507 e. The summed E-state index contributed by atoms with van der Waals surface area (Å²) in [5.41, 5.74) is 1.11. The first kappa shape index (κ1) is 14.8. The van der Waals surface area contributed by atoms with Gasteiger partial charge in [0.15, 0.2) is 5.76 Å². The zero-order chi connectivity index (χ0) is 15.4. The topological polar surface area (TPSA) is 87.4 Å². The number of halogens is 1. The monoisotopic (exact) mass is 293 g/mol. The fourth-order valence-corrected chi connectivity index (χ4v) is 1.87. The number of nitrogens with one attached hydrogen (secondary N) is 2. The first-order chi connectivity index (χ1) is 10.0. The van der Waals surface area contributed by atoms with Crippen LogP contribution in [0.3, 0.4) is 0 Å². The van der Waals surface area contributed by atoms with Crippen LogP contribution in [0.4, 0.5) is 14.9 Å². The van der Waals surface area contributed by atoms with Crippen molar-refractivity contribution < 1.29 is 18.8 Å². The number of rotatable bonds is 4. The van der Waals surface area contributed by atoms with Gasteiger partial charge in [-0.05, 0) is 19.1 Å². The average molecular weight is 293 g/mol. The quantitative estimate of drug-likeness (QED) is 0.808. The van der Waals surface area contributed by atoms with E-state index in [-0.39, 0.29) is 17.9 Å². The zero-order valence-electron chi connectivity index (χ0n) is 11.7. The van der Waals surface area contributed by atoms with Gasteiger partial charge in [0.05, 0.1) is 6.54 Å². The maximum absolute atomic E-state index is 13.5. The summed E-state index contributed by atoms with van der Waals surface area (Å²) < 4.78 is 18.6. The van der Waals surface area contributed by atoms with E-state index < -0.39 is 11.8 Å². The number of carbonyl (C=O) groups excluding carboxylic acids is 1. The fourth-order valence-electron chi connectivity index (χ4n) is 1.87. The molecule has 0 saturated carbocycles. The van der Waals surface area contributed by atoms with Crippen LogP contribution in [0.25, 0.3) is 0 Å². The first-order valence-electron chi connectivity index (χ1n) is 6.49. The Morgan fingerprint density at radius 3 is 2.90 bits per heavy atom. The minimum absolute atomic E-state index is 0.0328. The highest BCUT2D eigenvalue weighted by Gasteiger charge is 2.15. The van der Waals surface area contributed by atoms with E-state index in [0.717, 1.165) is 0 Å². The molecule has 1 aromatic heterocycles. The predicted octanol–water partition coefficient (Wildman–Crippen LogP) is 2.71. The lowest BCUT2D eigenvalue weighted by Gasteiger charge is -2.09. The third-order valence-corrected chi connectivity index (χ3v) is 3.01. The van der Waals surface area contributed by atoms with E-state index in [1.165, 1.54) is 18.2 Å². The number of anilines is 1. The molecule has 0 unspecified atom stereocenters. The molecule has 0 saturated heterocycles. The summed E-state index contributed by atoms with van der Waals surface area (Å²) in [6, 6.07) is 3.44. The van der Waals surface area contributed by atoms with Crippen LogP contribution in [0.15, 0.2) is 22.7 Å². The molecule has 2 rings (SSSR count). The number of nitrogens with zero attached hydrogens (tertiary/aromatic N) is 1. The smallest absolute Gasteiger partial charge is 0.319 e. The second kappa shape index (κ2) is 6.25. The van der Waals surface area contributed by atoms with Crippen LogP contribution < -0.4 is 10.6 Å². The summed E-state index contributed by atoms with van der Waals surface area (Å²) in [7, 11) is 0. The fraction of sp³-hybridized carbons (Fsp3) is 0.286. The lowest BCUT2D eigenvalue weighted by molar-refractivity contribution is 0.251. The van der Waals surface area contributed by atoms with Crippen molar-refractivity contribution in [2.75, 3.05) is 5.32 Å². The van der Waals surface area contributed by atoms with E-state index in [0.29, 0.717) is 23.6 Å². The summed E-state index contributed by atoms with van der Waals surface area (Å²) in [5, 5.41) is 18.4. The van der Waals surface area contributed by atoms with Crippen LogP contribution in [0.5, 0.6) is 5.75 Å². The average Bonchev–Trinajstić information content (AvgIpc) is 2.79. The van der Waals surface area contributed by atoms with Gasteiger partial charge in [-0.15, -0.1) is 0 Å². The molecule has 0 aliphatic carbocycles. The molecular weight excluding hydrogens is 277 g/mol. The molecule has 0 bridgehead atoms. The number of carbonyl (C=O) groups is 1. The number of aromatic nitrogens is 1. The van der Waals surface area contributed by atoms with E-state index in [1.54, 1.807) is 6.92 Å². The van der Waals surface area contributed by atoms with Crippen molar-refractivity contribution in [2.24, 2.45) is 0 Å². The Kier molecular flexibility index (Phi) is 4.42. The van der Waals surface area contributed by atoms with Gasteiger partial charge in [0, 0.05) is 12.0 Å². The molecule has 6 nitrogen and oxygen atoms in total. The molecule has 0 fully saturated rings. The predicted molar refractivity (Wildman–Crippen MR) is 74.5 cm³/mol. The highest BCUT2D eigenvalue weighted by Crippen LogP contribution is 2.21. The van der Waals surface area contributed by atoms with Crippen molar-refractivity contribution in [1.82, 2.24) is 10.5 Å². The van der Waals surface area contributed by atoms with Gasteiger partial charge in [0.2, 0.25) is 0 Å². The third-order valence-electron chi connectivity index (χ3n) is 3.01. The Labute approximate surface area is 120 Å². The molecule has 0 aliphatic heterocycles. The summed E-state index contributed by atoms with van der Waals surface area (Å²) in [5.74, 6) is -0.215. The van der Waals surface area contributed by atoms with E-state index in [4.69, 9.17) is 4.52 Å². The molecule has 21 heavy (non-hydrogen) atoms. The Morgan fingerprint density at radius 2 is 2.24 bits per heavy atom. The summed E-state index contributed by atoms with van der Waals surface area (Å²) in [6.07, 6.45) is 0.588. The van der Waals surface area contributed by atoms with E-state index in [2.05, 4.69) is 15.8 Å². The number of benzene rings is 1. The summed E-state index contributed by atoms with van der Waals surface area (Å²) in [6.45, 7) is 3.46. The lowest BCUT2D eigenvalue weighted by atomic mass is 10.2. The lowest BCUT2D eigenvalue weighted by Crippen LogP contribution is -2.29. The van der Waals surface area contributed by atoms with Crippen molar-refractivity contribution in [1.29, 1.82) is 0 Å². The number of amides is 2. The summed E-state index contributed by atoms with van der Waals surface area (Å²) in [4.78, 5) is 11.8. The Balaban J connectivity index is 2.01. The van der Waals surface area contributed by atoms with E-state index in [1.807, 2.05) is 6.92 Å². The number of aromatic hydroxyl groups is 1. The maximum Gasteiger partial charge on any atom is 0.319 e. The highest BCUT2D eigenvalue weighted by atomic mass is 19.1. The van der Waals surface area contributed by atoms with Crippen molar-refractivity contribution in [3.05, 3.63) is 41.0 Å². The molecule has 0 atom stereocenters. The van der Waals surface area contributed by atoms with Crippen molar-refractivity contribution in [3.63, 3.8) is 0 Å². The van der Waals surface area contributed by atoms with Gasteiger partial charge in [-0.2, -0.15) is 0 Å². The summed E-state index contributed by atoms with van der Waals surface area (Å²) >= 11 is 0. The van der Waals surface area contributed by atoms with Crippen LogP contribution in [-0.2, 0) is 13.0 Å². The van der Waals surface area contributed by atoms with Gasteiger partial charge < -0.3 is 20.3 Å². The molecule has 2 aromatic rings. The molecular formula is C14H16FN3O3. The van der Waals surface area contributed by atoms with Crippen LogP contribution in [0.1, 0.15) is 23.9 Å². The Bertz CT molecular complexity index is 635. The molecule has 1 aromatic carbocycles. The van der Waals surface area contributed by atoms with E-state index >= 15 is 0 Å². The Morgan fingerprint density at radius 1 is 1.48 bits per heavy atom. The number of phenols is 1. The van der Waals surface area contributed by atoms with Gasteiger partial charge in [-0.25, -0.2) is 9.18 Å². The second-order valence-corrected chi connectivity index (χ2v) is 4.46. The number of urea groups is 1. The number of aryl methyl sites for hydroxylation is 2. The van der Waals surface area contributed by atoms with Gasteiger partial charge in [-0.3, -0.25) is 0 Å². The third kappa shape index (κ3) is 3.31. The first-order valence-corrected chi connectivity index (χ1v) is 6.49. The normalized spacial score (nSPS) is 10.4. The number of hydrogen-bond acceptors (Lipinski definition) is 4. The zero-order valence-corrected chi connectivity index (χ0v) is 11.7. The van der Waals surface area contributed by atoms with E-state index in [9.17, 15) is 14.3 Å². The number of hydrogen-bond donors (Lipinski definition) is 3. The van der Waals surface area contributed by atoms with Gasteiger partial charge in [0.25, 0.3) is 0 Å². The maximum atomic E-state index is 13.5. The molecule has 2 amide bonds. The molecule has 0 aliphatic rings. The molecule has 0 spiro atoms. The molecule has 112 valence electrons. The van der Waals surface area contributed by atoms with Gasteiger partial charge in [0.1, 0.15) is 22.9 Å². The minimum atomic E-state index is -0.578. The van der Waals surface area contributed by atoms with Crippen molar-refractivity contribution in [2.45, 2.75) is 26.8 Å². The van der Waals surface area contributed by atoms with Crippen LogP contribution in [0.2, 0.25) is 0 Å². The SMILES string of the molecule is CCc1onc(C)c1NC(=O)NCc1c(O)cccc1F. The largest absolute Gasteiger partial charge is 0.507 e. The van der Waals surface area contributed by atoms with Crippen LogP contribution in [-0.4, -0.2) is 16.3 Å². The van der Waals surface area contributed by atoms with Crippen LogP contribution >= 0.6 is 0 Å². The van der Waals surface area contributed by atoms with Crippen molar-refractivity contribution in [3.8, 4) is 5.75 Å². The molecule has 7 heteroatoms. The van der Waals surface area contributed by atoms with Crippen LogP contribution in [0, 0.1) is 12.7 Å². The highest BCUT2D eigenvalue weighted by molar-refractivity contribution is 5.90. The molecule has 1 heterocycles. The number of phenolic OH excluding ortho intramolecular Hbond substituents is 1. The van der Waals surface area contributed by atoms with Crippen molar-refractivity contribution >= 4 is 11.7 Å².